The van der Waals surface area contributed by atoms with Crippen molar-refractivity contribution in [1.82, 2.24) is 15.0 Å². The number of aromatic nitrogens is 3. The van der Waals surface area contributed by atoms with Crippen LogP contribution in [0, 0.1) is 29.6 Å². The van der Waals surface area contributed by atoms with Crippen molar-refractivity contribution >= 4 is 145 Å². The zero-order valence-electron chi connectivity index (χ0n) is 77.8. The lowest BCUT2D eigenvalue weighted by molar-refractivity contribution is -0.145. The molecule has 6 fully saturated rings. The molecule has 2 aromatic heterocycles. The van der Waals surface area contributed by atoms with Gasteiger partial charge in [-0.3, -0.25) is 71.9 Å². The van der Waals surface area contributed by atoms with Crippen LogP contribution in [0.2, 0.25) is 31.6 Å². The summed E-state index contributed by atoms with van der Waals surface area (Å²) in [7, 11) is -2.29. The molecule has 58 heteroatoms. The van der Waals surface area contributed by atoms with Crippen LogP contribution in [0.25, 0.3) is 0 Å². The number of carboxylic acids is 5. The summed E-state index contributed by atoms with van der Waals surface area (Å²) in [6.45, 7) is 5.66. The number of aliphatic carboxylic acids is 5. The lowest BCUT2D eigenvalue weighted by Crippen LogP contribution is -2.56. The van der Waals surface area contributed by atoms with Gasteiger partial charge in [0, 0.05) is 153 Å². The highest BCUT2D eigenvalue weighted by Crippen LogP contribution is 2.44. The molecule has 0 bridgehead atoms. The maximum Gasteiger partial charge on any atom is 0.451 e. The highest BCUT2D eigenvalue weighted by atomic mass is 16.4. The summed E-state index contributed by atoms with van der Waals surface area (Å²) in [6, 6.07) is 1.59. The van der Waals surface area contributed by atoms with Gasteiger partial charge >= 0.3 is 65.4 Å². The van der Waals surface area contributed by atoms with Crippen LogP contribution in [0.15, 0.2) is 66.5 Å². The van der Waals surface area contributed by atoms with Crippen molar-refractivity contribution in [2.75, 3.05) is 174 Å². The molecule has 139 heavy (non-hydrogen) atoms. The minimum atomic E-state index is -1.64. The van der Waals surface area contributed by atoms with Crippen LogP contribution < -0.4 is 161 Å². The Morgan fingerprint density at radius 1 is 0.432 bits per heavy atom. The van der Waals surface area contributed by atoms with Crippen molar-refractivity contribution in [3.8, 4) is 0 Å². The average molecular weight is 1960 g/mol. The molecule has 39 N–H and O–H groups in total. The van der Waals surface area contributed by atoms with Crippen LogP contribution >= 0.6 is 0 Å². The first-order valence-corrected chi connectivity index (χ1v) is 45.2. The van der Waals surface area contributed by atoms with Crippen molar-refractivity contribution < 1.29 is 99.7 Å². The number of nitrogen functional groups attached to an aromatic ring is 2. The number of hydrogen-bond acceptors (Lipinski definition) is 46. The van der Waals surface area contributed by atoms with E-state index in [1.54, 1.807) is 62.8 Å². The molecule has 6 aliphatic rings. The van der Waals surface area contributed by atoms with E-state index in [0.717, 1.165) is 12.8 Å². The molecule has 1 aliphatic carbocycles. The normalized spacial score (nSPS) is 23.0. The van der Waals surface area contributed by atoms with Gasteiger partial charge in [0.1, 0.15) is 96.2 Å². The SMILES string of the molecule is CN(CC1(N)CC1)c1c(N2C[C@H](CCCB(O)O)[C@](N)(C(=O)O)C2)c(=O)c1=O.CN(CCCN)c1c(N2C[C@H](CCCB(O)O)[C@](N)(C(=O)O)C2)c(=O)c1=O.CN(c1c(N2C[C@H](CCCB(O)O)[C@](N)(C(=O)O)C2)c(=O)c1=O)C(C)(C)CN.Nc1[nH]cnc1Nc1c(N2C[C@H](CCCB(O)O)[C@](N)(C(=O)O)C2)c(=O)c1=O.Nc1cc[nH]c1Nc1c(N2C[C@H](CCCB(O)O)[C@](N)(C(=O)O)C2)c(=O)c1=O. The van der Waals surface area contributed by atoms with E-state index in [1.165, 1.54) is 16.1 Å². The molecule has 5 aromatic carbocycles. The number of nitrogens with one attached hydrogen (secondary N) is 4. The third kappa shape index (κ3) is 23.9. The molecule has 0 amide bonds. The number of aromatic amines is 2. The standard InChI is InChI=1S/C17H27BN4O6.C17H29BN4O6.C16H22BN5O6.C16H27BN4O6.C15H21BN6O6/c1-21(8-16(19)4-5-16)11-12(14(24)13(11)23)22-7-10(3-2-6-18(27)28)17(20,9-22)15(25)26;1-16(2,8-19)21(3)11-12(14(24)13(11)23)22-7-10(5-4-6-18(27)28)17(20,9-22)15(25)26;18-9-3-5-20-14(9)21-10-11(13(24)12(10)23)22-6-8(2-1-4-17(27)28)16(19,7-22)15(25)26;1-20(7-3-6-18)11-12(14(23)13(11)22)21-8-10(4-2-5-17(26)27)16(19,9-21)15(24)25;17-12-13(20-6-19-12)21-8-9(11(24)10(8)23)22-4-7(2-1-3-16(27)28)15(18,5-22)14(25)26/h10,27-28H,2-9,19-20H2,1H3,(H,25,26);10,27-28H,4-9,19-20H2,1-3H3,(H,25,26);3,5,8,20-21,27-28H,1-2,4,6-7,18-19H2,(H,25,26);10,26-27H,2-9,18-19H2,1H3,(H,24,25);6-7,21,27-28H,1-5,17-18H2,(H,19,20)(H,25,26)/t2*10-,17-;8-,16-;10-,16-;7-,15-/m00000/s1. The second-order valence-electron chi connectivity index (χ2n) is 38.1. The van der Waals surface area contributed by atoms with E-state index in [-0.39, 0.29) is 178 Å². The number of carbonyl (C=O) groups is 5. The maximum absolute atomic E-state index is 12.3. The van der Waals surface area contributed by atoms with Crippen LogP contribution in [0.3, 0.4) is 0 Å². The lowest BCUT2D eigenvalue weighted by atomic mass is 9.78. The van der Waals surface area contributed by atoms with Crippen LogP contribution in [0.1, 0.15) is 97.3 Å². The van der Waals surface area contributed by atoms with E-state index in [0.29, 0.717) is 102 Å². The first-order valence-electron chi connectivity index (χ1n) is 45.2. The van der Waals surface area contributed by atoms with E-state index < -0.39 is 183 Å². The van der Waals surface area contributed by atoms with Gasteiger partial charge in [-0.1, -0.05) is 32.1 Å². The molecular formula is C81H126B5N23O30. The number of carboxylic acid groups (broad SMARTS) is 5. The van der Waals surface area contributed by atoms with Crippen LogP contribution in [-0.2, 0) is 24.0 Å². The second-order valence-corrected chi connectivity index (χ2v) is 38.1. The number of anilines is 14. The summed E-state index contributed by atoms with van der Waals surface area (Å²) in [4.78, 5) is 203. The molecule has 10 atom stereocenters. The molecule has 5 aliphatic heterocycles. The largest absolute Gasteiger partial charge is 0.480 e. The fraction of sp³-hybridized carbons (Fsp3) is 0.605. The predicted molar refractivity (Wildman–Crippen MR) is 522 cm³/mol. The predicted octanol–water partition coefficient (Wildman–Crippen LogP) is -10.6. The smallest absolute Gasteiger partial charge is 0.451 e. The number of H-pyrrole nitrogens is 2. The van der Waals surface area contributed by atoms with Crippen molar-refractivity contribution in [2.45, 2.75) is 168 Å². The van der Waals surface area contributed by atoms with Gasteiger partial charge in [-0.15, -0.1) is 0 Å². The van der Waals surface area contributed by atoms with Gasteiger partial charge in [0.25, 0.3) is 54.3 Å². The van der Waals surface area contributed by atoms with Gasteiger partial charge in [-0.2, -0.15) is 0 Å². The number of hydrogen-bond donors (Lipinski definition) is 29. The summed E-state index contributed by atoms with van der Waals surface area (Å²) < 4.78 is 0. The lowest BCUT2D eigenvalue weighted by Gasteiger charge is -2.39. The summed E-state index contributed by atoms with van der Waals surface area (Å²) in [5.74, 6) is -7.84. The molecule has 0 unspecified atom stereocenters. The molecule has 5 saturated heterocycles. The molecule has 1 saturated carbocycles. The van der Waals surface area contributed by atoms with E-state index >= 15 is 0 Å². The number of likely N-dealkylation sites (N-methyl/N-ethyl adjacent to an activating group) is 2. The van der Waals surface area contributed by atoms with Gasteiger partial charge in [0.05, 0.1) is 12.0 Å². The number of nitrogens with two attached hydrogens (primary N) is 10. The van der Waals surface area contributed by atoms with Gasteiger partial charge < -0.3 is 193 Å². The van der Waals surface area contributed by atoms with E-state index in [9.17, 15) is 97.5 Å². The molecule has 7 aromatic rings. The van der Waals surface area contributed by atoms with Gasteiger partial charge in [-0.05, 0) is 109 Å². The quantitative estimate of drug-likeness (QED) is 0.0125. The molecule has 13 rings (SSSR count). The van der Waals surface area contributed by atoms with Crippen molar-refractivity contribution in [3.05, 3.63) is 121 Å². The van der Waals surface area contributed by atoms with E-state index in [1.807, 2.05) is 13.8 Å². The number of rotatable bonds is 44. The van der Waals surface area contributed by atoms with E-state index in [4.69, 9.17) is 108 Å². The van der Waals surface area contributed by atoms with Crippen molar-refractivity contribution in [1.29, 1.82) is 0 Å². The fourth-order valence-electron chi connectivity index (χ4n) is 18.7. The van der Waals surface area contributed by atoms with Crippen molar-refractivity contribution in [2.24, 2.45) is 75.5 Å². The van der Waals surface area contributed by atoms with Gasteiger partial charge in [0.15, 0.2) is 5.82 Å². The third-order valence-corrected chi connectivity index (χ3v) is 27.7. The zero-order valence-corrected chi connectivity index (χ0v) is 77.8. The Morgan fingerprint density at radius 3 is 1.00 bits per heavy atom. The Balaban J connectivity index is 0.000000194. The Bertz CT molecular complexity index is 5770. The minimum absolute atomic E-state index is 0.0111. The second kappa shape index (κ2) is 44.5. The van der Waals surface area contributed by atoms with Gasteiger partial charge in [-0.25, -0.2) is 4.98 Å². The van der Waals surface area contributed by atoms with E-state index in [2.05, 4.69) is 25.6 Å². The number of nitrogens with zero attached hydrogens (tertiary/aromatic N) is 9. The Kier molecular flexibility index (Phi) is 35.6. The highest BCUT2D eigenvalue weighted by Gasteiger charge is 2.57. The Morgan fingerprint density at radius 2 is 0.727 bits per heavy atom. The molecule has 7 heterocycles. The summed E-state index contributed by atoms with van der Waals surface area (Å²) >= 11 is 0. The van der Waals surface area contributed by atoms with Crippen LogP contribution in [0.4, 0.5) is 80.0 Å². The molecule has 760 valence electrons. The summed E-state index contributed by atoms with van der Waals surface area (Å²) in [5.41, 5.74) is 45.8. The molecule has 0 radical (unpaired) electrons. The monoisotopic (exact) mass is 1960 g/mol. The third-order valence-electron chi connectivity index (χ3n) is 27.7. The number of imidazole rings is 1. The van der Waals surface area contributed by atoms with Crippen molar-refractivity contribution in [3.63, 3.8) is 0 Å². The first kappa shape index (κ1) is 111. The minimum Gasteiger partial charge on any atom is -0.480 e. The Labute approximate surface area is 794 Å². The van der Waals surface area contributed by atoms with Gasteiger partial charge in [0.2, 0.25) is 0 Å². The Hall–Kier alpha value is -11.6. The average Bonchev–Trinajstić information content (AvgIpc) is 1.68. The fourth-order valence-corrected chi connectivity index (χ4v) is 18.7. The van der Waals surface area contributed by atoms with Crippen LogP contribution in [-0.4, -0.2) is 308 Å². The topological polar surface area (TPSA) is 914 Å². The van der Waals surface area contributed by atoms with Crippen LogP contribution in [0.5, 0.6) is 0 Å². The summed E-state index contributed by atoms with van der Waals surface area (Å²) in [6.07, 6.45) is 9.34. The molecule has 53 nitrogen and oxygen atoms in total. The molecular weight excluding hydrogens is 1830 g/mol. The zero-order chi connectivity index (χ0) is 104. The molecule has 0 spiro atoms. The highest BCUT2D eigenvalue weighted by molar-refractivity contribution is 6.42. The maximum atomic E-state index is 12.3. The summed E-state index contributed by atoms with van der Waals surface area (Å²) in [5, 5.41) is 144. The first-order chi connectivity index (χ1) is 64.8.